The standard InChI is InChI=1S/C10H18O3/c1-2-3-4-5-8-6-7-9(13-8)10(11)12/h8-9H,2-7H2,1H3,(H,11,12)/t8-,9-/m1/s1. The average Bonchev–Trinajstić information content (AvgIpc) is 2.53. The van der Waals surface area contributed by atoms with Gasteiger partial charge >= 0.3 is 5.97 Å². The van der Waals surface area contributed by atoms with Gasteiger partial charge in [-0.1, -0.05) is 26.2 Å². The molecule has 3 nitrogen and oxygen atoms in total. The minimum Gasteiger partial charge on any atom is -0.479 e. The van der Waals surface area contributed by atoms with E-state index in [1.54, 1.807) is 0 Å². The predicted octanol–water partition coefficient (Wildman–Crippen LogP) is 2.20. The van der Waals surface area contributed by atoms with Gasteiger partial charge in [-0.25, -0.2) is 4.79 Å². The Morgan fingerprint density at radius 1 is 1.46 bits per heavy atom. The third-order valence-corrected chi connectivity index (χ3v) is 2.51. The van der Waals surface area contributed by atoms with Gasteiger partial charge in [0, 0.05) is 0 Å². The molecule has 0 aromatic rings. The molecule has 1 N–H and O–H groups in total. The van der Waals surface area contributed by atoms with E-state index in [4.69, 9.17) is 9.84 Å². The van der Waals surface area contributed by atoms with Crippen molar-refractivity contribution in [2.24, 2.45) is 0 Å². The number of aliphatic carboxylic acids is 1. The summed E-state index contributed by atoms with van der Waals surface area (Å²) < 4.78 is 5.37. The van der Waals surface area contributed by atoms with E-state index in [9.17, 15) is 4.79 Å². The normalized spacial score (nSPS) is 27.8. The molecule has 0 amide bonds. The minimum atomic E-state index is -0.807. The Labute approximate surface area is 79.1 Å². The van der Waals surface area contributed by atoms with Crippen molar-refractivity contribution < 1.29 is 14.6 Å². The Balaban J connectivity index is 2.14. The van der Waals surface area contributed by atoms with E-state index in [1.165, 1.54) is 12.8 Å². The van der Waals surface area contributed by atoms with Gasteiger partial charge in [-0.2, -0.15) is 0 Å². The van der Waals surface area contributed by atoms with Crippen LogP contribution in [0, 0.1) is 0 Å². The summed E-state index contributed by atoms with van der Waals surface area (Å²) in [5.74, 6) is -0.807. The molecule has 1 saturated heterocycles. The summed E-state index contributed by atoms with van der Waals surface area (Å²) in [4.78, 5) is 10.6. The summed E-state index contributed by atoms with van der Waals surface area (Å²) in [5.41, 5.74) is 0. The summed E-state index contributed by atoms with van der Waals surface area (Å²) in [6, 6.07) is 0. The molecule has 1 aliphatic heterocycles. The molecule has 1 heterocycles. The second-order valence-corrected chi connectivity index (χ2v) is 3.66. The van der Waals surface area contributed by atoms with Gasteiger partial charge in [0.25, 0.3) is 0 Å². The number of hydrogen-bond acceptors (Lipinski definition) is 2. The fourth-order valence-corrected chi connectivity index (χ4v) is 1.72. The number of hydrogen-bond donors (Lipinski definition) is 1. The van der Waals surface area contributed by atoms with Gasteiger partial charge in [-0.15, -0.1) is 0 Å². The zero-order valence-electron chi connectivity index (χ0n) is 8.16. The average molecular weight is 186 g/mol. The second kappa shape index (κ2) is 5.22. The van der Waals surface area contributed by atoms with E-state index in [0.29, 0.717) is 6.42 Å². The zero-order valence-corrected chi connectivity index (χ0v) is 8.16. The predicted molar refractivity (Wildman–Crippen MR) is 49.7 cm³/mol. The molecule has 0 saturated carbocycles. The molecule has 1 fully saturated rings. The molecule has 0 bridgehead atoms. The van der Waals surface area contributed by atoms with Crippen molar-refractivity contribution in [2.75, 3.05) is 0 Å². The Bertz CT molecular complexity index is 168. The molecule has 0 aromatic heterocycles. The number of carboxylic acid groups (broad SMARTS) is 1. The highest BCUT2D eigenvalue weighted by molar-refractivity contribution is 5.72. The van der Waals surface area contributed by atoms with Crippen LogP contribution >= 0.6 is 0 Å². The molecular weight excluding hydrogens is 168 g/mol. The van der Waals surface area contributed by atoms with Crippen LogP contribution in [0.25, 0.3) is 0 Å². The maximum Gasteiger partial charge on any atom is 0.332 e. The molecule has 1 aliphatic rings. The van der Waals surface area contributed by atoms with E-state index >= 15 is 0 Å². The molecule has 3 heteroatoms. The summed E-state index contributed by atoms with van der Waals surface area (Å²) in [6.07, 6.45) is 5.88. The molecule has 0 aliphatic carbocycles. The Morgan fingerprint density at radius 2 is 2.23 bits per heavy atom. The van der Waals surface area contributed by atoms with Gasteiger partial charge in [0.05, 0.1) is 6.10 Å². The van der Waals surface area contributed by atoms with Crippen molar-refractivity contribution in [2.45, 2.75) is 57.7 Å². The van der Waals surface area contributed by atoms with Gasteiger partial charge in [0.2, 0.25) is 0 Å². The molecular formula is C10H18O3. The molecule has 76 valence electrons. The highest BCUT2D eigenvalue weighted by atomic mass is 16.5. The van der Waals surface area contributed by atoms with Crippen LogP contribution in [0.1, 0.15) is 45.4 Å². The first-order valence-corrected chi connectivity index (χ1v) is 5.12. The van der Waals surface area contributed by atoms with Crippen LogP contribution in [0.4, 0.5) is 0 Å². The lowest BCUT2D eigenvalue weighted by Gasteiger charge is -2.09. The van der Waals surface area contributed by atoms with Crippen molar-refractivity contribution in [1.82, 2.24) is 0 Å². The summed E-state index contributed by atoms with van der Waals surface area (Å²) in [6.45, 7) is 2.16. The van der Waals surface area contributed by atoms with E-state index in [0.717, 1.165) is 19.3 Å². The van der Waals surface area contributed by atoms with Crippen molar-refractivity contribution in [3.05, 3.63) is 0 Å². The van der Waals surface area contributed by atoms with E-state index in [2.05, 4.69) is 6.92 Å². The highest BCUT2D eigenvalue weighted by Crippen LogP contribution is 2.23. The van der Waals surface area contributed by atoms with Gasteiger partial charge < -0.3 is 9.84 Å². The Hall–Kier alpha value is -0.570. The van der Waals surface area contributed by atoms with Crippen molar-refractivity contribution >= 4 is 5.97 Å². The smallest absolute Gasteiger partial charge is 0.332 e. The van der Waals surface area contributed by atoms with E-state index in [-0.39, 0.29) is 6.10 Å². The largest absolute Gasteiger partial charge is 0.479 e. The van der Waals surface area contributed by atoms with E-state index in [1.807, 2.05) is 0 Å². The fourth-order valence-electron chi connectivity index (χ4n) is 1.72. The third kappa shape index (κ3) is 3.35. The first-order chi connectivity index (χ1) is 6.24. The van der Waals surface area contributed by atoms with Crippen molar-refractivity contribution in [1.29, 1.82) is 0 Å². The van der Waals surface area contributed by atoms with Crippen LogP contribution in [-0.2, 0) is 9.53 Å². The number of rotatable bonds is 5. The number of carbonyl (C=O) groups is 1. The van der Waals surface area contributed by atoms with Crippen molar-refractivity contribution in [3.8, 4) is 0 Å². The molecule has 0 aromatic carbocycles. The third-order valence-electron chi connectivity index (χ3n) is 2.51. The van der Waals surface area contributed by atoms with Crippen molar-refractivity contribution in [3.63, 3.8) is 0 Å². The Morgan fingerprint density at radius 3 is 2.77 bits per heavy atom. The first-order valence-electron chi connectivity index (χ1n) is 5.12. The van der Waals surface area contributed by atoms with Crippen LogP contribution in [0.5, 0.6) is 0 Å². The van der Waals surface area contributed by atoms with Gasteiger partial charge in [-0.3, -0.25) is 0 Å². The topological polar surface area (TPSA) is 46.5 Å². The lowest BCUT2D eigenvalue weighted by Crippen LogP contribution is -2.20. The summed E-state index contributed by atoms with van der Waals surface area (Å²) >= 11 is 0. The van der Waals surface area contributed by atoms with Gasteiger partial charge in [0.15, 0.2) is 6.10 Å². The Kier molecular flexibility index (Phi) is 4.22. The zero-order chi connectivity index (χ0) is 9.68. The van der Waals surface area contributed by atoms with Crippen LogP contribution < -0.4 is 0 Å². The second-order valence-electron chi connectivity index (χ2n) is 3.66. The number of carboxylic acids is 1. The summed E-state index contributed by atoms with van der Waals surface area (Å²) in [5, 5.41) is 8.68. The van der Waals surface area contributed by atoms with Crippen LogP contribution in [-0.4, -0.2) is 23.3 Å². The molecule has 0 spiro atoms. The maximum absolute atomic E-state index is 10.6. The van der Waals surface area contributed by atoms with E-state index < -0.39 is 12.1 Å². The van der Waals surface area contributed by atoms with Crippen LogP contribution in [0.3, 0.4) is 0 Å². The number of ether oxygens (including phenoxy) is 1. The minimum absolute atomic E-state index is 0.202. The quantitative estimate of drug-likeness (QED) is 0.669. The molecule has 0 radical (unpaired) electrons. The highest BCUT2D eigenvalue weighted by Gasteiger charge is 2.29. The summed E-state index contributed by atoms with van der Waals surface area (Å²) in [7, 11) is 0. The first kappa shape index (κ1) is 10.5. The molecule has 1 rings (SSSR count). The fraction of sp³-hybridized carbons (Fsp3) is 0.900. The molecule has 0 unspecified atom stereocenters. The van der Waals surface area contributed by atoms with Crippen LogP contribution in [0.15, 0.2) is 0 Å². The number of unbranched alkanes of at least 4 members (excludes halogenated alkanes) is 2. The molecule has 13 heavy (non-hydrogen) atoms. The van der Waals surface area contributed by atoms with Gasteiger partial charge in [-0.05, 0) is 19.3 Å². The maximum atomic E-state index is 10.6. The molecule has 2 atom stereocenters. The lowest BCUT2D eigenvalue weighted by atomic mass is 10.1. The van der Waals surface area contributed by atoms with Gasteiger partial charge in [0.1, 0.15) is 0 Å². The monoisotopic (exact) mass is 186 g/mol. The SMILES string of the molecule is CCCCC[C@@H]1CC[C@H](C(=O)O)O1. The lowest BCUT2D eigenvalue weighted by molar-refractivity contribution is -0.149. The van der Waals surface area contributed by atoms with Crippen LogP contribution in [0.2, 0.25) is 0 Å².